The summed E-state index contributed by atoms with van der Waals surface area (Å²) in [6.07, 6.45) is 2.28. The van der Waals surface area contributed by atoms with E-state index in [9.17, 15) is 18.3 Å². The highest BCUT2D eigenvalue weighted by atomic mass is 32.2. The summed E-state index contributed by atoms with van der Waals surface area (Å²) in [6.45, 7) is 1.25. The molecule has 2 aliphatic rings. The zero-order chi connectivity index (χ0) is 26.7. The number of amides is 1. The molecule has 2 aliphatic carbocycles. The molecule has 38 heavy (non-hydrogen) atoms. The second-order valence-corrected chi connectivity index (χ2v) is 12.7. The van der Waals surface area contributed by atoms with Crippen LogP contribution in [0.4, 0.5) is 5.13 Å². The first-order valence-electron chi connectivity index (χ1n) is 12.6. The van der Waals surface area contributed by atoms with Gasteiger partial charge in [0.2, 0.25) is 0 Å². The Morgan fingerprint density at radius 3 is 2.63 bits per heavy atom. The molecular weight excluding hydrogens is 528 g/mol. The van der Waals surface area contributed by atoms with Crippen molar-refractivity contribution in [1.29, 1.82) is 0 Å². The van der Waals surface area contributed by atoms with E-state index in [0.717, 1.165) is 16.8 Å². The van der Waals surface area contributed by atoms with Crippen LogP contribution in [-0.2, 0) is 19.5 Å². The molecule has 0 unspecified atom stereocenters. The first kappa shape index (κ1) is 26.5. The summed E-state index contributed by atoms with van der Waals surface area (Å²) in [6, 6.07) is 11.7. The van der Waals surface area contributed by atoms with Gasteiger partial charge in [-0.2, -0.15) is 0 Å². The van der Waals surface area contributed by atoms with Crippen LogP contribution in [0.3, 0.4) is 0 Å². The summed E-state index contributed by atoms with van der Waals surface area (Å²) in [5, 5.41) is 19.8. The van der Waals surface area contributed by atoms with Crippen molar-refractivity contribution in [3.05, 3.63) is 48.0 Å². The minimum atomic E-state index is -3.36. The molecule has 0 bridgehead atoms. The summed E-state index contributed by atoms with van der Waals surface area (Å²) in [5.41, 5.74) is 1.13. The van der Waals surface area contributed by atoms with Crippen molar-refractivity contribution in [2.45, 2.75) is 54.5 Å². The highest BCUT2D eigenvalue weighted by Gasteiger charge is 2.37. The number of carbonyl (C=O) groups is 1. The third kappa shape index (κ3) is 6.15. The highest BCUT2D eigenvalue weighted by Crippen LogP contribution is 2.34. The number of carbonyl (C=O) groups excluding carboxylic acids is 1. The molecule has 0 aliphatic heterocycles. The molecule has 10 nitrogen and oxygen atoms in total. The van der Waals surface area contributed by atoms with Crippen LogP contribution in [0, 0.1) is 0 Å². The van der Waals surface area contributed by atoms with Crippen molar-refractivity contribution in [1.82, 2.24) is 10.3 Å². The number of nitrogens with zero attached hydrogens (tertiary/aromatic N) is 2. The number of hydrogen-bond donors (Lipinski definition) is 3. The predicted molar refractivity (Wildman–Crippen MR) is 146 cm³/mol. The lowest BCUT2D eigenvalue weighted by molar-refractivity contribution is -0.110. The van der Waals surface area contributed by atoms with Gasteiger partial charge in [0.25, 0.3) is 5.91 Å². The van der Waals surface area contributed by atoms with E-state index in [0.29, 0.717) is 55.2 Å². The Hall–Kier alpha value is -3.06. The molecule has 2 atom stereocenters. The fourth-order valence-electron chi connectivity index (χ4n) is 4.21. The lowest BCUT2D eigenvalue weighted by Gasteiger charge is -2.11. The number of rotatable bonds is 11. The maximum absolute atomic E-state index is 13.3. The molecule has 0 saturated heterocycles. The maximum atomic E-state index is 13.3. The van der Waals surface area contributed by atoms with Gasteiger partial charge < -0.3 is 20.0 Å². The Labute approximate surface area is 225 Å². The monoisotopic (exact) mass is 558 g/mol. The average molecular weight is 559 g/mol. The normalized spacial score (nSPS) is 20.0. The van der Waals surface area contributed by atoms with Crippen LogP contribution in [0.25, 0.3) is 10.2 Å². The molecule has 2 fully saturated rings. The van der Waals surface area contributed by atoms with Crippen molar-refractivity contribution < 1.29 is 27.9 Å². The number of anilines is 1. The third-order valence-electron chi connectivity index (χ3n) is 6.49. The summed E-state index contributed by atoms with van der Waals surface area (Å²) in [5.74, 6) is 0.177. The number of nitrogens with one attached hydrogen (secondary N) is 2. The molecule has 3 aromatic rings. The molecule has 1 aromatic heterocycles. The number of aliphatic hydroxyl groups is 1. The Balaban J connectivity index is 1.36. The van der Waals surface area contributed by atoms with Crippen LogP contribution in [0.5, 0.6) is 5.75 Å². The van der Waals surface area contributed by atoms with E-state index in [1.54, 1.807) is 12.1 Å². The van der Waals surface area contributed by atoms with Crippen molar-refractivity contribution in [2.24, 2.45) is 5.16 Å². The smallest absolute Gasteiger partial charge is 0.280 e. The van der Waals surface area contributed by atoms with Gasteiger partial charge in [-0.1, -0.05) is 28.6 Å². The first-order valence-corrected chi connectivity index (χ1v) is 15.0. The van der Waals surface area contributed by atoms with Crippen molar-refractivity contribution in [2.75, 3.05) is 25.5 Å². The number of benzene rings is 2. The fraction of sp³-hybridized carbons (Fsp3) is 0.423. The van der Waals surface area contributed by atoms with E-state index in [-0.39, 0.29) is 22.0 Å². The standard InChI is InChI=1S/C26H30N4O6S2/c1-27-12-13-35-18-6-11-22-23(15-18)37-26(28-22)29-25(32)24(30-36-19-5-4-17(31)14-19)16-2-7-20(8-3-16)38(33,34)21-9-10-21/h2-3,6-8,11,15,17,19,21,27,31H,4-5,9-10,12-14H2,1H3,(H,28,29,32)/t17-,19-/m1/s1. The van der Waals surface area contributed by atoms with Crippen LogP contribution in [0.1, 0.15) is 37.7 Å². The number of sulfone groups is 1. The molecule has 2 aromatic carbocycles. The number of aromatic nitrogens is 1. The molecule has 1 amide bonds. The number of aliphatic hydroxyl groups excluding tert-OH is 1. The van der Waals surface area contributed by atoms with Gasteiger partial charge in [-0.05, 0) is 63.1 Å². The maximum Gasteiger partial charge on any atom is 0.280 e. The lowest BCUT2D eigenvalue weighted by Crippen LogP contribution is -2.25. The Kier molecular flexibility index (Phi) is 7.93. The van der Waals surface area contributed by atoms with Crippen molar-refractivity contribution in [3.63, 3.8) is 0 Å². The van der Waals surface area contributed by atoms with Gasteiger partial charge >= 0.3 is 0 Å². The third-order valence-corrected chi connectivity index (χ3v) is 9.70. The summed E-state index contributed by atoms with van der Waals surface area (Å²) < 4.78 is 31.7. The van der Waals surface area contributed by atoms with E-state index in [1.807, 2.05) is 25.2 Å². The number of likely N-dealkylation sites (N-methyl/N-ethyl adjacent to an activating group) is 1. The molecule has 1 heterocycles. The molecular formula is C26H30N4O6S2. The van der Waals surface area contributed by atoms with Gasteiger partial charge in [-0.25, -0.2) is 13.4 Å². The minimum absolute atomic E-state index is 0.00268. The van der Waals surface area contributed by atoms with Crippen LogP contribution < -0.4 is 15.4 Å². The topological polar surface area (TPSA) is 139 Å². The Morgan fingerprint density at radius 2 is 1.95 bits per heavy atom. The Morgan fingerprint density at radius 1 is 1.16 bits per heavy atom. The zero-order valence-corrected chi connectivity index (χ0v) is 22.6. The van der Waals surface area contributed by atoms with Gasteiger partial charge in [-0.3, -0.25) is 10.1 Å². The minimum Gasteiger partial charge on any atom is -0.492 e. The largest absolute Gasteiger partial charge is 0.492 e. The predicted octanol–water partition coefficient (Wildman–Crippen LogP) is 3.10. The van der Waals surface area contributed by atoms with Crippen LogP contribution >= 0.6 is 11.3 Å². The molecule has 202 valence electrons. The highest BCUT2D eigenvalue weighted by molar-refractivity contribution is 7.92. The van der Waals surface area contributed by atoms with Gasteiger partial charge in [-0.15, -0.1) is 0 Å². The number of hydrogen-bond acceptors (Lipinski definition) is 10. The van der Waals surface area contributed by atoms with Gasteiger partial charge in [0.1, 0.15) is 18.5 Å². The van der Waals surface area contributed by atoms with E-state index in [2.05, 4.69) is 20.8 Å². The average Bonchev–Trinajstić information content (AvgIpc) is 3.58. The lowest BCUT2D eigenvalue weighted by atomic mass is 10.1. The molecule has 3 N–H and O–H groups in total. The van der Waals surface area contributed by atoms with E-state index < -0.39 is 21.8 Å². The number of ether oxygens (including phenoxy) is 1. The fourth-order valence-corrected chi connectivity index (χ4v) is 6.76. The van der Waals surface area contributed by atoms with Gasteiger partial charge in [0.15, 0.2) is 20.7 Å². The van der Waals surface area contributed by atoms with Crippen LogP contribution in [0.15, 0.2) is 52.5 Å². The van der Waals surface area contributed by atoms with Crippen LogP contribution in [-0.4, -0.2) is 67.8 Å². The summed E-state index contributed by atoms with van der Waals surface area (Å²) in [4.78, 5) is 23.7. The van der Waals surface area contributed by atoms with E-state index in [4.69, 9.17) is 9.57 Å². The second kappa shape index (κ2) is 11.4. The van der Waals surface area contributed by atoms with E-state index in [1.165, 1.54) is 23.5 Å². The number of fused-ring (bicyclic) bond motifs is 1. The summed E-state index contributed by atoms with van der Waals surface area (Å²) in [7, 11) is -1.50. The van der Waals surface area contributed by atoms with Gasteiger partial charge in [0.05, 0.1) is 26.5 Å². The molecule has 5 rings (SSSR count). The Bertz CT molecular complexity index is 1430. The quantitative estimate of drug-likeness (QED) is 0.185. The SMILES string of the molecule is CNCCOc1ccc2nc(NC(=O)C(=NO[C@@H]3CC[C@@H](O)C3)c3ccc(S(=O)(=O)C4CC4)cc3)sc2c1. The molecule has 2 saturated carbocycles. The molecule has 12 heteroatoms. The zero-order valence-electron chi connectivity index (χ0n) is 20.9. The summed E-state index contributed by atoms with van der Waals surface area (Å²) >= 11 is 1.30. The molecule has 0 spiro atoms. The second-order valence-electron chi connectivity index (χ2n) is 9.46. The van der Waals surface area contributed by atoms with Crippen LogP contribution in [0.2, 0.25) is 0 Å². The number of oxime groups is 1. The first-order chi connectivity index (χ1) is 18.3. The number of thiazole rings is 1. The van der Waals surface area contributed by atoms with Gasteiger partial charge in [0, 0.05) is 18.5 Å². The van der Waals surface area contributed by atoms with E-state index >= 15 is 0 Å². The van der Waals surface area contributed by atoms with Crippen molar-refractivity contribution >= 4 is 48.1 Å². The van der Waals surface area contributed by atoms with Crippen molar-refractivity contribution in [3.8, 4) is 5.75 Å². The molecule has 0 radical (unpaired) electrons.